The lowest BCUT2D eigenvalue weighted by atomic mass is 9.91. The summed E-state index contributed by atoms with van der Waals surface area (Å²) >= 11 is 6.47. The number of fused-ring (bicyclic) bond motifs is 3. The minimum Gasteiger partial charge on any atom is -0.477 e. The van der Waals surface area contributed by atoms with Crippen LogP contribution in [0, 0.1) is 0 Å². The van der Waals surface area contributed by atoms with Crippen LogP contribution < -0.4 is 9.64 Å². The zero-order chi connectivity index (χ0) is 18.4. The minimum absolute atomic E-state index is 0.493. The largest absolute Gasteiger partial charge is 0.477 e. The maximum Gasteiger partial charge on any atom is 0.150 e. The monoisotopic (exact) mass is 375 g/mol. The van der Waals surface area contributed by atoms with Crippen molar-refractivity contribution < 1.29 is 4.74 Å². The summed E-state index contributed by atoms with van der Waals surface area (Å²) in [6, 6.07) is 19.0. The van der Waals surface area contributed by atoms with Crippen LogP contribution in [-0.4, -0.2) is 13.1 Å². The van der Waals surface area contributed by atoms with Crippen molar-refractivity contribution in [2.45, 2.75) is 25.4 Å². The molecule has 0 amide bonds. The second kappa shape index (κ2) is 6.31. The zero-order valence-electron chi connectivity index (χ0n) is 15.4. The summed E-state index contributed by atoms with van der Waals surface area (Å²) in [6.45, 7) is 4.45. The van der Waals surface area contributed by atoms with Gasteiger partial charge in [-0.05, 0) is 49.6 Å². The first-order valence-corrected chi connectivity index (χ1v) is 9.97. The molecule has 1 unspecified atom stereocenters. The van der Waals surface area contributed by atoms with Gasteiger partial charge in [-0.1, -0.05) is 54.1 Å². The van der Waals surface area contributed by atoms with Crippen molar-refractivity contribution >= 4 is 34.1 Å². The van der Waals surface area contributed by atoms with E-state index in [0.29, 0.717) is 0 Å². The number of hydrogen-bond acceptors (Lipinski definition) is 2. The van der Waals surface area contributed by atoms with Crippen molar-refractivity contribution in [1.82, 2.24) is 0 Å². The van der Waals surface area contributed by atoms with E-state index >= 15 is 0 Å². The maximum atomic E-state index is 6.58. The third kappa shape index (κ3) is 2.80. The summed E-state index contributed by atoms with van der Waals surface area (Å²) in [4.78, 5) is 2.45. The highest BCUT2D eigenvalue weighted by Crippen LogP contribution is 2.43. The van der Waals surface area contributed by atoms with Crippen LogP contribution in [0.5, 0.6) is 5.75 Å². The normalized spacial score (nSPS) is 21.3. The molecule has 3 heteroatoms. The molecule has 1 saturated heterocycles. The Bertz CT molecular complexity index is 1030. The number of anilines is 1. The number of halogens is 1. The first-order valence-electron chi connectivity index (χ1n) is 9.59. The highest BCUT2D eigenvalue weighted by Gasteiger charge is 2.31. The molecule has 0 N–H and O–H groups in total. The summed E-state index contributed by atoms with van der Waals surface area (Å²) in [5.41, 5.74) is 3.00. The van der Waals surface area contributed by atoms with Crippen molar-refractivity contribution in [3.05, 3.63) is 76.8 Å². The predicted octanol–water partition coefficient (Wildman–Crippen LogP) is 6.41. The summed E-state index contributed by atoms with van der Waals surface area (Å²) in [6.07, 6.45) is 6.84. The van der Waals surface area contributed by atoms with Crippen molar-refractivity contribution in [1.29, 1.82) is 0 Å². The molecule has 0 bridgehead atoms. The average Bonchev–Trinajstić information content (AvgIpc) is 3.24. The molecule has 0 radical (unpaired) electrons. The molecule has 2 nitrogen and oxygen atoms in total. The molecule has 5 rings (SSSR count). The van der Waals surface area contributed by atoms with Gasteiger partial charge in [0.1, 0.15) is 11.4 Å². The van der Waals surface area contributed by atoms with Crippen LogP contribution in [0.1, 0.15) is 30.9 Å². The smallest absolute Gasteiger partial charge is 0.150 e. The van der Waals surface area contributed by atoms with Gasteiger partial charge in [0.2, 0.25) is 0 Å². The predicted molar refractivity (Wildman–Crippen MR) is 114 cm³/mol. The summed E-state index contributed by atoms with van der Waals surface area (Å²) in [5.74, 6) is 0.906. The van der Waals surface area contributed by atoms with E-state index < -0.39 is 5.60 Å². The molecule has 3 aromatic carbocycles. The van der Waals surface area contributed by atoms with Gasteiger partial charge in [-0.25, -0.2) is 0 Å². The van der Waals surface area contributed by atoms with Crippen LogP contribution in [0.15, 0.2) is 60.7 Å². The highest BCUT2D eigenvalue weighted by molar-refractivity contribution is 6.36. The van der Waals surface area contributed by atoms with Gasteiger partial charge in [-0.2, -0.15) is 0 Å². The average molecular weight is 376 g/mol. The van der Waals surface area contributed by atoms with Crippen molar-refractivity contribution in [2.24, 2.45) is 0 Å². The fraction of sp³-hybridized carbons (Fsp3) is 0.250. The van der Waals surface area contributed by atoms with Crippen LogP contribution >= 0.6 is 11.6 Å². The van der Waals surface area contributed by atoms with Gasteiger partial charge in [0, 0.05) is 40.1 Å². The molecule has 2 aliphatic heterocycles. The SMILES string of the molecule is CC1(c2ccc(N3CCCC3)cc2)C=Cc2cc(Cl)c3ccccc3c2O1. The van der Waals surface area contributed by atoms with Crippen LogP contribution in [0.4, 0.5) is 5.69 Å². The molecule has 3 aromatic rings. The number of hydrogen-bond donors (Lipinski definition) is 0. The molecule has 136 valence electrons. The van der Waals surface area contributed by atoms with Crippen LogP contribution in [-0.2, 0) is 5.60 Å². The van der Waals surface area contributed by atoms with E-state index in [-0.39, 0.29) is 0 Å². The van der Waals surface area contributed by atoms with E-state index in [0.717, 1.165) is 45.8 Å². The lowest BCUT2D eigenvalue weighted by Gasteiger charge is -2.33. The van der Waals surface area contributed by atoms with E-state index in [2.05, 4.69) is 54.3 Å². The quantitative estimate of drug-likeness (QED) is 0.512. The molecule has 0 aliphatic carbocycles. The van der Waals surface area contributed by atoms with Crippen molar-refractivity contribution in [3.63, 3.8) is 0 Å². The van der Waals surface area contributed by atoms with Crippen LogP contribution in [0.2, 0.25) is 5.02 Å². The van der Waals surface area contributed by atoms with E-state index in [4.69, 9.17) is 16.3 Å². The first-order chi connectivity index (χ1) is 13.1. The van der Waals surface area contributed by atoms with E-state index in [1.165, 1.54) is 18.5 Å². The number of benzene rings is 3. The summed E-state index contributed by atoms with van der Waals surface area (Å²) in [7, 11) is 0. The van der Waals surface area contributed by atoms with Gasteiger partial charge < -0.3 is 9.64 Å². The fourth-order valence-electron chi connectivity index (χ4n) is 4.19. The molecule has 27 heavy (non-hydrogen) atoms. The Morgan fingerprint density at radius 3 is 2.41 bits per heavy atom. The fourth-order valence-corrected chi connectivity index (χ4v) is 4.47. The number of rotatable bonds is 2. The number of nitrogens with zero attached hydrogens (tertiary/aromatic N) is 1. The Morgan fingerprint density at radius 2 is 1.67 bits per heavy atom. The maximum absolute atomic E-state index is 6.58. The van der Waals surface area contributed by atoms with Crippen molar-refractivity contribution in [2.75, 3.05) is 18.0 Å². The molecule has 0 saturated carbocycles. The highest BCUT2D eigenvalue weighted by atomic mass is 35.5. The second-order valence-corrected chi connectivity index (χ2v) is 8.01. The molecule has 2 heterocycles. The van der Waals surface area contributed by atoms with E-state index in [9.17, 15) is 0 Å². The summed E-state index contributed by atoms with van der Waals surface area (Å²) in [5, 5.41) is 2.85. The third-order valence-electron chi connectivity index (χ3n) is 5.78. The molecule has 2 aliphatic rings. The van der Waals surface area contributed by atoms with Gasteiger partial charge in [-0.15, -0.1) is 0 Å². The minimum atomic E-state index is -0.493. The summed E-state index contributed by atoms with van der Waals surface area (Å²) < 4.78 is 6.58. The molecular formula is C24H22ClNO. The Morgan fingerprint density at radius 1 is 0.963 bits per heavy atom. The Balaban J connectivity index is 1.53. The molecule has 0 aromatic heterocycles. The Kier molecular flexibility index (Phi) is 3.91. The Hall–Kier alpha value is -2.45. The van der Waals surface area contributed by atoms with Gasteiger partial charge in [0.15, 0.2) is 0 Å². The van der Waals surface area contributed by atoms with E-state index in [1.807, 2.05) is 24.3 Å². The molecular weight excluding hydrogens is 354 g/mol. The second-order valence-electron chi connectivity index (χ2n) is 7.61. The lowest BCUT2D eigenvalue weighted by Crippen LogP contribution is -2.29. The van der Waals surface area contributed by atoms with E-state index in [1.54, 1.807) is 0 Å². The Labute approximate surface area is 165 Å². The molecule has 0 spiro atoms. The van der Waals surface area contributed by atoms with Gasteiger partial charge in [0.25, 0.3) is 0 Å². The zero-order valence-corrected chi connectivity index (χ0v) is 16.2. The van der Waals surface area contributed by atoms with Crippen LogP contribution in [0.3, 0.4) is 0 Å². The lowest BCUT2D eigenvalue weighted by molar-refractivity contribution is 0.140. The number of ether oxygens (including phenoxy) is 1. The molecule has 1 atom stereocenters. The molecule has 1 fully saturated rings. The topological polar surface area (TPSA) is 12.5 Å². The van der Waals surface area contributed by atoms with Crippen LogP contribution in [0.25, 0.3) is 16.8 Å². The third-order valence-corrected chi connectivity index (χ3v) is 6.09. The van der Waals surface area contributed by atoms with Gasteiger partial charge >= 0.3 is 0 Å². The standard InChI is InChI=1S/C24H22ClNO/c1-24(18-8-10-19(11-9-18)26-14-4-5-15-26)13-12-17-16-22(25)20-6-2-3-7-21(20)23(17)27-24/h2-3,6-13,16H,4-5,14-15H2,1H3. The first kappa shape index (κ1) is 16.7. The van der Waals surface area contributed by atoms with Gasteiger partial charge in [-0.3, -0.25) is 0 Å². The van der Waals surface area contributed by atoms with Gasteiger partial charge in [0.05, 0.1) is 0 Å². The van der Waals surface area contributed by atoms with Crippen molar-refractivity contribution in [3.8, 4) is 5.75 Å².